The van der Waals surface area contributed by atoms with Gasteiger partial charge in [-0.1, -0.05) is 6.92 Å². The molecule has 1 fully saturated rings. The predicted octanol–water partition coefficient (Wildman–Crippen LogP) is 2.39. The lowest BCUT2D eigenvalue weighted by Crippen LogP contribution is -2.48. The van der Waals surface area contributed by atoms with Gasteiger partial charge in [-0.15, -0.1) is 0 Å². The number of carbonyl (C=O) groups is 1. The fourth-order valence-corrected chi connectivity index (χ4v) is 2.53. The summed E-state index contributed by atoms with van der Waals surface area (Å²) in [5, 5.41) is 9.25. The van der Waals surface area contributed by atoms with E-state index in [2.05, 4.69) is 6.92 Å². The molecular formula is C15H20FNO3. The van der Waals surface area contributed by atoms with Gasteiger partial charge in [-0.2, -0.15) is 0 Å². The summed E-state index contributed by atoms with van der Waals surface area (Å²) in [6.07, 6.45) is 1.70. The van der Waals surface area contributed by atoms with Crippen molar-refractivity contribution in [2.45, 2.75) is 25.8 Å². The van der Waals surface area contributed by atoms with Crippen molar-refractivity contribution < 1.29 is 19.0 Å². The van der Waals surface area contributed by atoms with E-state index in [0.29, 0.717) is 31.2 Å². The molecule has 1 saturated heterocycles. The number of carboxylic acids is 1. The van der Waals surface area contributed by atoms with Gasteiger partial charge >= 0.3 is 5.97 Å². The van der Waals surface area contributed by atoms with Gasteiger partial charge in [-0.25, -0.2) is 4.39 Å². The van der Waals surface area contributed by atoms with Gasteiger partial charge in [0.2, 0.25) is 0 Å². The van der Waals surface area contributed by atoms with E-state index in [-0.39, 0.29) is 5.82 Å². The van der Waals surface area contributed by atoms with Gasteiger partial charge in [0.05, 0.1) is 0 Å². The SMILES string of the molecule is CC1CCN(CCOc2ccc(F)cc2)C(C(=O)O)C1. The Bertz CT molecular complexity index is 449. The summed E-state index contributed by atoms with van der Waals surface area (Å²) < 4.78 is 18.3. The van der Waals surface area contributed by atoms with Gasteiger partial charge in [0.25, 0.3) is 0 Å². The Morgan fingerprint density at radius 1 is 1.45 bits per heavy atom. The van der Waals surface area contributed by atoms with E-state index >= 15 is 0 Å². The molecule has 0 amide bonds. The minimum absolute atomic E-state index is 0.298. The number of benzene rings is 1. The Kier molecular flexibility index (Phi) is 4.95. The minimum Gasteiger partial charge on any atom is -0.492 e. The van der Waals surface area contributed by atoms with Crippen LogP contribution in [0, 0.1) is 11.7 Å². The van der Waals surface area contributed by atoms with Crippen LogP contribution in [0.3, 0.4) is 0 Å². The van der Waals surface area contributed by atoms with Crippen LogP contribution < -0.4 is 4.74 Å². The largest absolute Gasteiger partial charge is 0.492 e. The third kappa shape index (κ3) is 3.93. The summed E-state index contributed by atoms with van der Waals surface area (Å²) >= 11 is 0. The maximum atomic E-state index is 12.7. The topological polar surface area (TPSA) is 49.8 Å². The monoisotopic (exact) mass is 281 g/mol. The zero-order valence-electron chi connectivity index (χ0n) is 11.6. The molecule has 20 heavy (non-hydrogen) atoms. The van der Waals surface area contributed by atoms with Gasteiger partial charge in [-0.3, -0.25) is 9.69 Å². The van der Waals surface area contributed by atoms with Gasteiger partial charge in [0.15, 0.2) is 0 Å². The third-order valence-corrected chi connectivity index (χ3v) is 3.72. The van der Waals surface area contributed by atoms with Crippen molar-refractivity contribution in [2.75, 3.05) is 19.7 Å². The van der Waals surface area contributed by atoms with Crippen LogP contribution in [0.2, 0.25) is 0 Å². The fourth-order valence-electron chi connectivity index (χ4n) is 2.53. The molecule has 1 heterocycles. The molecule has 1 aromatic rings. The highest BCUT2D eigenvalue weighted by Crippen LogP contribution is 2.22. The second kappa shape index (κ2) is 6.70. The van der Waals surface area contributed by atoms with Crippen molar-refractivity contribution in [1.82, 2.24) is 4.90 Å². The Morgan fingerprint density at radius 2 is 2.15 bits per heavy atom. The highest BCUT2D eigenvalue weighted by atomic mass is 19.1. The van der Waals surface area contributed by atoms with Crippen LogP contribution in [0.1, 0.15) is 19.8 Å². The Labute approximate surface area is 118 Å². The van der Waals surface area contributed by atoms with Crippen LogP contribution in [0.4, 0.5) is 4.39 Å². The van der Waals surface area contributed by atoms with E-state index in [1.165, 1.54) is 12.1 Å². The van der Waals surface area contributed by atoms with Crippen LogP contribution in [0.15, 0.2) is 24.3 Å². The Balaban J connectivity index is 1.83. The summed E-state index contributed by atoms with van der Waals surface area (Å²) in [5.41, 5.74) is 0. The molecule has 0 bridgehead atoms. The average Bonchev–Trinajstić information content (AvgIpc) is 2.42. The van der Waals surface area contributed by atoms with Crippen molar-refractivity contribution in [1.29, 1.82) is 0 Å². The lowest BCUT2D eigenvalue weighted by Gasteiger charge is -2.35. The highest BCUT2D eigenvalue weighted by molar-refractivity contribution is 5.73. The number of aliphatic carboxylic acids is 1. The quantitative estimate of drug-likeness (QED) is 0.900. The second-order valence-corrected chi connectivity index (χ2v) is 5.32. The predicted molar refractivity (Wildman–Crippen MR) is 73.3 cm³/mol. The number of nitrogens with zero attached hydrogens (tertiary/aromatic N) is 1. The summed E-state index contributed by atoms with van der Waals surface area (Å²) in [4.78, 5) is 13.2. The van der Waals surface area contributed by atoms with Gasteiger partial charge < -0.3 is 9.84 Å². The van der Waals surface area contributed by atoms with Gasteiger partial charge in [-0.05, 0) is 49.6 Å². The molecular weight excluding hydrogens is 261 g/mol. The number of carboxylic acid groups (broad SMARTS) is 1. The number of piperidine rings is 1. The smallest absolute Gasteiger partial charge is 0.320 e. The van der Waals surface area contributed by atoms with Crippen LogP contribution in [-0.2, 0) is 4.79 Å². The first-order valence-corrected chi connectivity index (χ1v) is 6.91. The number of hydrogen-bond donors (Lipinski definition) is 1. The molecule has 2 rings (SSSR count). The van der Waals surface area contributed by atoms with E-state index in [1.807, 2.05) is 4.90 Å². The number of ether oxygens (including phenoxy) is 1. The Morgan fingerprint density at radius 3 is 2.80 bits per heavy atom. The van der Waals surface area contributed by atoms with Crippen molar-refractivity contribution in [3.63, 3.8) is 0 Å². The number of likely N-dealkylation sites (tertiary alicyclic amines) is 1. The van der Waals surface area contributed by atoms with Crippen LogP contribution in [-0.4, -0.2) is 41.7 Å². The third-order valence-electron chi connectivity index (χ3n) is 3.72. The normalized spacial score (nSPS) is 23.5. The second-order valence-electron chi connectivity index (χ2n) is 5.32. The van der Waals surface area contributed by atoms with Crippen LogP contribution >= 0.6 is 0 Å². The molecule has 0 spiro atoms. The molecule has 0 radical (unpaired) electrons. The average molecular weight is 281 g/mol. The molecule has 0 aromatic heterocycles. The minimum atomic E-state index is -0.765. The summed E-state index contributed by atoms with van der Waals surface area (Å²) in [6, 6.07) is 5.41. The van der Waals surface area contributed by atoms with Crippen molar-refractivity contribution >= 4 is 5.97 Å². The molecule has 1 aliphatic rings. The van der Waals surface area contributed by atoms with Crippen molar-refractivity contribution in [2.24, 2.45) is 5.92 Å². The molecule has 0 aliphatic carbocycles. The molecule has 4 nitrogen and oxygen atoms in total. The van der Waals surface area contributed by atoms with Crippen LogP contribution in [0.5, 0.6) is 5.75 Å². The molecule has 1 aliphatic heterocycles. The first kappa shape index (κ1) is 14.8. The molecule has 110 valence electrons. The molecule has 1 aromatic carbocycles. The molecule has 1 N–H and O–H groups in total. The molecule has 0 saturated carbocycles. The fraction of sp³-hybridized carbons (Fsp3) is 0.533. The van der Waals surface area contributed by atoms with E-state index < -0.39 is 12.0 Å². The van der Waals surface area contributed by atoms with Crippen LogP contribution in [0.25, 0.3) is 0 Å². The zero-order chi connectivity index (χ0) is 14.5. The Hall–Kier alpha value is -1.62. The number of halogens is 1. The lowest BCUT2D eigenvalue weighted by molar-refractivity contribution is -0.145. The summed E-state index contributed by atoms with van der Waals surface area (Å²) in [6.45, 7) is 3.85. The van der Waals surface area contributed by atoms with E-state index in [9.17, 15) is 14.3 Å². The maximum Gasteiger partial charge on any atom is 0.320 e. The first-order chi connectivity index (χ1) is 9.56. The van der Waals surface area contributed by atoms with Gasteiger partial charge in [0, 0.05) is 6.54 Å². The van der Waals surface area contributed by atoms with Crippen molar-refractivity contribution in [3.05, 3.63) is 30.1 Å². The molecule has 5 heteroatoms. The standard InChI is InChI=1S/C15H20FNO3/c1-11-6-7-17(14(10-11)15(18)19)8-9-20-13-4-2-12(16)3-5-13/h2-5,11,14H,6-10H2,1H3,(H,18,19). The first-order valence-electron chi connectivity index (χ1n) is 6.91. The lowest BCUT2D eigenvalue weighted by atomic mass is 9.92. The zero-order valence-corrected chi connectivity index (χ0v) is 11.6. The molecule has 2 unspecified atom stereocenters. The summed E-state index contributed by atoms with van der Waals surface area (Å²) in [5.74, 6) is -0.0133. The number of rotatable bonds is 5. The van der Waals surface area contributed by atoms with Gasteiger partial charge in [0.1, 0.15) is 24.2 Å². The maximum absolute atomic E-state index is 12.7. The van der Waals surface area contributed by atoms with E-state index in [1.54, 1.807) is 12.1 Å². The van der Waals surface area contributed by atoms with E-state index in [4.69, 9.17) is 4.74 Å². The number of hydrogen-bond acceptors (Lipinski definition) is 3. The van der Waals surface area contributed by atoms with Crippen molar-refractivity contribution in [3.8, 4) is 5.75 Å². The highest BCUT2D eigenvalue weighted by Gasteiger charge is 2.31. The molecule has 2 atom stereocenters. The summed E-state index contributed by atoms with van der Waals surface area (Å²) in [7, 11) is 0. The van der Waals surface area contributed by atoms with E-state index in [0.717, 1.165) is 13.0 Å².